The summed E-state index contributed by atoms with van der Waals surface area (Å²) in [6.45, 7) is 0. The van der Waals surface area contributed by atoms with E-state index in [2.05, 4.69) is 15.6 Å². The molecule has 2 atom stereocenters. The van der Waals surface area contributed by atoms with Crippen molar-refractivity contribution in [1.82, 2.24) is 15.6 Å². The van der Waals surface area contributed by atoms with E-state index in [-0.39, 0.29) is 4.90 Å². The van der Waals surface area contributed by atoms with Gasteiger partial charge in [0.1, 0.15) is 11.5 Å². The van der Waals surface area contributed by atoms with Crippen LogP contribution in [0.25, 0.3) is 0 Å². The predicted octanol–water partition coefficient (Wildman–Crippen LogP) is 2.58. The number of hydrazine groups is 1. The Hall–Kier alpha value is -3.40. The Morgan fingerprint density at radius 3 is 2.21 bits per heavy atom. The maximum Gasteiger partial charge on any atom is 0.265 e. The van der Waals surface area contributed by atoms with E-state index in [4.69, 9.17) is 9.47 Å². The standard InChI is InChI=1S/C24H25N3O5S/c1-31-18-12-17(13-19(15-18)32-2)24(28)26-25-23-21-11-7-6-8-16(21)14-22(23)27-33(29,30)20-9-4-3-5-10-20/h3-13,15,22-23,25,27H,14H2,1-2H3,(H,26,28)/t22-,23-/m1/s1. The van der Waals surface area contributed by atoms with E-state index in [0.717, 1.165) is 11.1 Å². The highest BCUT2D eigenvalue weighted by molar-refractivity contribution is 7.89. The summed E-state index contributed by atoms with van der Waals surface area (Å²) in [7, 11) is -0.724. The van der Waals surface area contributed by atoms with Crippen LogP contribution in [0.1, 0.15) is 27.5 Å². The molecule has 0 bridgehead atoms. The fraction of sp³-hybridized carbons (Fsp3) is 0.208. The molecule has 3 aromatic carbocycles. The first-order valence-corrected chi connectivity index (χ1v) is 11.8. The molecule has 0 aliphatic heterocycles. The van der Waals surface area contributed by atoms with Gasteiger partial charge in [-0.1, -0.05) is 42.5 Å². The molecular formula is C24H25N3O5S. The molecule has 0 unspecified atom stereocenters. The van der Waals surface area contributed by atoms with Crippen molar-refractivity contribution in [3.8, 4) is 11.5 Å². The number of benzene rings is 3. The van der Waals surface area contributed by atoms with Gasteiger partial charge in [0.2, 0.25) is 10.0 Å². The second kappa shape index (κ2) is 9.62. The van der Waals surface area contributed by atoms with Crippen LogP contribution in [-0.2, 0) is 16.4 Å². The van der Waals surface area contributed by atoms with Crippen molar-refractivity contribution in [3.63, 3.8) is 0 Å². The van der Waals surface area contributed by atoms with Gasteiger partial charge in [0.15, 0.2) is 0 Å². The zero-order chi connectivity index (χ0) is 23.4. The lowest BCUT2D eigenvalue weighted by atomic mass is 10.1. The lowest BCUT2D eigenvalue weighted by Gasteiger charge is -2.23. The Balaban J connectivity index is 1.54. The molecule has 1 amide bonds. The van der Waals surface area contributed by atoms with Crippen LogP contribution in [0.4, 0.5) is 0 Å². The summed E-state index contributed by atoms with van der Waals surface area (Å²) in [5, 5.41) is 0. The SMILES string of the molecule is COc1cc(OC)cc(C(=O)NN[C@@H]2c3ccccc3C[C@H]2NS(=O)(=O)c2ccccc2)c1. The highest BCUT2D eigenvalue weighted by atomic mass is 32.2. The molecule has 0 spiro atoms. The molecule has 33 heavy (non-hydrogen) atoms. The summed E-state index contributed by atoms with van der Waals surface area (Å²) in [5.41, 5.74) is 8.00. The monoisotopic (exact) mass is 467 g/mol. The average molecular weight is 468 g/mol. The molecule has 0 fully saturated rings. The first kappa shape index (κ1) is 22.8. The fourth-order valence-corrected chi connectivity index (χ4v) is 5.17. The van der Waals surface area contributed by atoms with E-state index in [9.17, 15) is 13.2 Å². The molecular weight excluding hydrogens is 442 g/mol. The van der Waals surface area contributed by atoms with Crippen LogP contribution in [-0.4, -0.2) is 34.6 Å². The number of carbonyl (C=O) groups excluding carboxylic acids is 1. The van der Waals surface area contributed by atoms with Gasteiger partial charge >= 0.3 is 0 Å². The van der Waals surface area contributed by atoms with Gasteiger partial charge in [0, 0.05) is 17.7 Å². The van der Waals surface area contributed by atoms with E-state index in [1.54, 1.807) is 48.5 Å². The third-order valence-corrected chi connectivity index (χ3v) is 7.05. The average Bonchev–Trinajstić information content (AvgIpc) is 3.18. The van der Waals surface area contributed by atoms with E-state index < -0.39 is 28.0 Å². The fourth-order valence-electron chi connectivity index (χ4n) is 3.90. The normalized spacial score (nSPS) is 17.3. The highest BCUT2D eigenvalue weighted by Crippen LogP contribution is 2.32. The Labute approximate surface area is 192 Å². The van der Waals surface area contributed by atoms with Gasteiger partial charge in [-0.2, -0.15) is 0 Å². The number of hydrogen-bond acceptors (Lipinski definition) is 6. The maximum absolute atomic E-state index is 12.9. The van der Waals surface area contributed by atoms with Crippen LogP contribution in [0, 0.1) is 0 Å². The van der Waals surface area contributed by atoms with Gasteiger partial charge in [-0.3, -0.25) is 10.2 Å². The van der Waals surface area contributed by atoms with Crippen molar-refractivity contribution < 1.29 is 22.7 Å². The van der Waals surface area contributed by atoms with Crippen LogP contribution >= 0.6 is 0 Å². The van der Waals surface area contributed by atoms with Gasteiger partial charge in [-0.15, -0.1) is 0 Å². The number of rotatable bonds is 8. The molecule has 0 saturated heterocycles. The van der Waals surface area contributed by atoms with E-state index in [1.165, 1.54) is 14.2 Å². The van der Waals surface area contributed by atoms with Crippen LogP contribution in [0.5, 0.6) is 11.5 Å². The lowest BCUT2D eigenvalue weighted by molar-refractivity contribution is 0.0922. The van der Waals surface area contributed by atoms with Gasteiger partial charge in [-0.05, 0) is 41.8 Å². The predicted molar refractivity (Wildman–Crippen MR) is 124 cm³/mol. The molecule has 0 aromatic heterocycles. The molecule has 4 rings (SSSR count). The van der Waals surface area contributed by atoms with Gasteiger partial charge < -0.3 is 9.47 Å². The quantitative estimate of drug-likeness (QED) is 0.440. The smallest absolute Gasteiger partial charge is 0.265 e. The summed E-state index contributed by atoms with van der Waals surface area (Å²) >= 11 is 0. The number of fused-ring (bicyclic) bond motifs is 1. The molecule has 0 radical (unpaired) electrons. The van der Waals surface area contributed by atoms with Crippen LogP contribution < -0.4 is 25.0 Å². The summed E-state index contributed by atoms with van der Waals surface area (Å²) < 4.78 is 39.1. The summed E-state index contributed by atoms with van der Waals surface area (Å²) in [6.07, 6.45) is 0.489. The maximum atomic E-state index is 12.9. The van der Waals surface area contributed by atoms with Crippen molar-refractivity contribution >= 4 is 15.9 Å². The first-order chi connectivity index (χ1) is 15.9. The molecule has 1 aliphatic rings. The van der Waals surface area contributed by atoms with Crippen LogP contribution in [0.3, 0.4) is 0 Å². The first-order valence-electron chi connectivity index (χ1n) is 10.4. The molecule has 3 aromatic rings. The second-order valence-electron chi connectivity index (χ2n) is 7.62. The number of nitrogens with one attached hydrogen (secondary N) is 3. The minimum absolute atomic E-state index is 0.187. The number of carbonyl (C=O) groups is 1. The largest absolute Gasteiger partial charge is 0.497 e. The molecule has 0 saturated carbocycles. The number of methoxy groups -OCH3 is 2. The molecule has 3 N–H and O–H groups in total. The lowest BCUT2D eigenvalue weighted by Crippen LogP contribution is -2.48. The summed E-state index contributed by atoms with van der Waals surface area (Å²) in [6, 6.07) is 19.8. The Kier molecular flexibility index (Phi) is 6.64. The molecule has 0 heterocycles. The van der Waals surface area contributed by atoms with Gasteiger partial charge in [0.25, 0.3) is 5.91 Å². The number of sulfonamides is 1. The van der Waals surface area contributed by atoms with E-state index >= 15 is 0 Å². The third kappa shape index (κ3) is 5.00. The van der Waals surface area contributed by atoms with E-state index in [1.807, 2.05) is 24.3 Å². The summed E-state index contributed by atoms with van der Waals surface area (Å²) in [4.78, 5) is 13.0. The van der Waals surface area contributed by atoms with Crippen molar-refractivity contribution in [1.29, 1.82) is 0 Å². The van der Waals surface area contributed by atoms with Crippen molar-refractivity contribution in [2.45, 2.75) is 23.4 Å². The Bertz CT molecular complexity index is 1230. The topological polar surface area (TPSA) is 106 Å². The Morgan fingerprint density at radius 1 is 0.909 bits per heavy atom. The zero-order valence-electron chi connectivity index (χ0n) is 18.2. The number of amides is 1. The third-order valence-electron chi connectivity index (χ3n) is 5.55. The van der Waals surface area contributed by atoms with Gasteiger partial charge in [0.05, 0.1) is 25.2 Å². The van der Waals surface area contributed by atoms with E-state index in [0.29, 0.717) is 23.5 Å². The molecule has 1 aliphatic carbocycles. The minimum atomic E-state index is -3.74. The van der Waals surface area contributed by atoms with Crippen LogP contribution in [0.15, 0.2) is 77.7 Å². The molecule has 8 nitrogen and oxygen atoms in total. The highest BCUT2D eigenvalue weighted by Gasteiger charge is 2.35. The number of ether oxygens (including phenoxy) is 2. The second-order valence-corrected chi connectivity index (χ2v) is 9.34. The zero-order valence-corrected chi connectivity index (χ0v) is 19.1. The summed E-state index contributed by atoms with van der Waals surface area (Å²) in [5.74, 6) is 0.569. The van der Waals surface area contributed by atoms with Crippen molar-refractivity contribution in [2.75, 3.05) is 14.2 Å². The molecule has 172 valence electrons. The number of hydrogen-bond donors (Lipinski definition) is 3. The van der Waals surface area contributed by atoms with Crippen LogP contribution in [0.2, 0.25) is 0 Å². The van der Waals surface area contributed by atoms with Crippen molar-refractivity contribution in [2.24, 2.45) is 0 Å². The minimum Gasteiger partial charge on any atom is -0.497 e. The van der Waals surface area contributed by atoms with Crippen molar-refractivity contribution in [3.05, 3.63) is 89.5 Å². The molecule has 9 heteroatoms. The van der Waals surface area contributed by atoms with Gasteiger partial charge in [-0.25, -0.2) is 18.6 Å². The Morgan fingerprint density at radius 2 is 1.55 bits per heavy atom.